The van der Waals surface area contributed by atoms with Gasteiger partial charge >= 0.3 is 0 Å². The van der Waals surface area contributed by atoms with E-state index in [-0.39, 0.29) is 0 Å². The lowest BCUT2D eigenvalue weighted by atomic mass is 10.2. The zero-order chi connectivity index (χ0) is 7.84. The Labute approximate surface area is 74.4 Å². The van der Waals surface area contributed by atoms with Gasteiger partial charge in [0.25, 0.3) is 0 Å². The molecule has 56 valence electrons. The molecule has 1 aromatic heterocycles. The Morgan fingerprint density at radius 3 is 3.00 bits per heavy atom. The van der Waals surface area contributed by atoms with Gasteiger partial charge < -0.3 is 0 Å². The first-order chi connectivity index (χ1) is 5.27. The summed E-state index contributed by atoms with van der Waals surface area (Å²) in [5, 5.41) is 4.01. The molecule has 0 fully saturated rings. The van der Waals surface area contributed by atoms with Crippen LogP contribution in [-0.2, 0) is 0 Å². The summed E-state index contributed by atoms with van der Waals surface area (Å²) in [6, 6.07) is 6.32. The van der Waals surface area contributed by atoms with Gasteiger partial charge in [0.2, 0.25) is 0 Å². The predicted molar refractivity (Wildman–Crippen MR) is 51.6 cm³/mol. The van der Waals surface area contributed by atoms with Crippen LogP contribution in [0.2, 0.25) is 5.02 Å². The molecule has 0 radical (unpaired) electrons. The molecule has 0 saturated carbocycles. The molecule has 0 amide bonds. The Balaban J connectivity index is 2.86. The van der Waals surface area contributed by atoms with Crippen LogP contribution in [0.25, 0.3) is 10.1 Å². The van der Waals surface area contributed by atoms with Gasteiger partial charge in [-0.1, -0.05) is 23.7 Å². The Morgan fingerprint density at radius 2 is 2.18 bits per heavy atom. The molecule has 0 nitrogen and oxygen atoms in total. The van der Waals surface area contributed by atoms with Gasteiger partial charge in [-0.3, -0.25) is 0 Å². The molecule has 0 atom stereocenters. The fourth-order valence-electron chi connectivity index (χ4n) is 1.10. The largest absolute Gasteiger partial charge is 0.142 e. The average Bonchev–Trinajstić information content (AvgIpc) is 2.32. The lowest BCUT2D eigenvalue weighted by Gasteiger charge is -1.91. The third kappa shape index (κ3) is 1.15. The summed E-state index contributed by atoms with van der Waals surface area (Å²) >= 11 is 7.63. The van der Waals surface area contributed by atoms with E-state index >= 15 is 0 Å². The minimum atomic E-state index is 0.866. The maximum Gasteiger partial charge on any atom is 0.0591 e. The summed E-state index contributed by atoms with van der Waals surface area (Å²) in [6.07, 6.45) is 0. The van der Waals surface area contributed by atoms with Crippen molar-refractivity contribution in [2.45, 2.75) is 6.92 Å². The first-order valence-electron chi connectivity index (χ1n) is 3.41. The van der Waals surface area contributed by atoms with Gasteiger partial charge in [-0.25, -0.2) is 0 Å². The summed E-state index contributed by atoms with van der Waals surface area (Å²) in [4.78, 5) is 0. The molecule has 0 N–H and O–H groups in total. The number of hydrogen-bond acceptors (Lipinski definition) is 1. The lowest BCUT2D eigenvalue weighted by Crippen LogP contribution is -1.68. The van der Waals surface area contributed by atoms with Gasteiger partial charge in [0.1, 0.15) is 0 Å². The van der Waals surface area contributed by atoms with Crippen molar-refractivity contribution < 1.29 is 0 Å². The second-order valence-electron chi connectivity index (χ2n) is 2.58. The number of benzene rings is 1. The number of hydrogen-bond donors (Lipinski definition) is 0. The summed E-state index contributed by atoms with van der Waals surface area (Å²) in [5.74, 6) is 0. The van der Waals surface area contributed by atoms with Crippen LogP contribution in [0.3, 0.4) is 0 Å². The van der Waals surface area contributed by atoms with E-state index < -0.39 is 0 Å². The Bertz CT molecular complexity index is 389. The molecule has 0 saturated heterocycles. The number of fused-ring (bicyclic) bond motifs is 1. The van der Waals surface area contributed by atoms with Gasteiger partial charge in [0, 0.05) is 15.5 Å². The Morgan fingerprint density at radius 1 is 1.36 bits per heavy atom. The van der Waals surface area contributed by atoms with Crippen molar-refractivity contribution in [1.29, 1.82) is 0 Å². The van der Waals surface area contributed by atoms with E-state index in [4.69, 9.17) is 11.6 Å². The highest BCUT2D eigenvalue weighted by molar-refractivity contribution is 7.17. The molecule has 2 heteroatoms. The molecule has 2 aromatic rings. The zero-order valence-corrected chi connectivity index (χ0v) is 7.67. The van der Waals surface area contributed by atoms with E-state index in [1.54, 1.807) is 11.3 Å². The third-order valence-corrected chi connectivity index (χ3v) is 3.07. The van der Waals surface area contributed by atoms with E-state index in [2.05, 4.69) is 25.1 Å². The van der Waals surface area contributed by atoms with Crippen LogP contribution in [-0.4, -0.2) is 0 Å². The van der Waals surface area contributed by atoms with Crippen molar-refractivity contribution in [3.05, 3.63) is 34.2 Å². The molecule has 1 heterocycles. The fourth-order valence-corrected chi connectivity index (χ4v) is 2.37. The maximum atomic E-state index is 5.94. The summed E-state index contributed by atoms with van der Waals surface area (Å²) in [6.45, 7) is 2.09. The fraction of sp³-hybridized carbons (Fsp3) is 0.111. The van der Waals surface area contributed by atoms with Crippen molar-refractivity contribution in [1.82, 2.24) is 0 Å². The second kappa shape index (κ2) is 2.50. The van der Waals surface area contributed by atoms with Crippen molar-refractivity contribution >= 4 is 33.0 Å². The molecule has 0 unspecified atom stereocenters. The normalized spacial score (nSPS) is 10.7. The molecule has 1 aromatic carbocycles. The van der Waals surface area contributed by atoms with E-state index in [9.17, 15) is 0 Å². The number of halogens is 1. The molecular formula is C9H7ClS. The van der Waals surface area contributed by atoms with E-state index in [0.29, 0.717) is 0 Å². The van der Waals surface area contributed by atoms with Gasteiger partial charge in [0.05, 0.1) is 5.02 Å². The molecule has 0 aliphatic heterocycles. The van der Waals surface area contributed by atoms with E-state index in [1.165, 1.54) is 15.6 Å². The van der Waals surface area contributed by atoms with Crippen molar-refractivity contribution in [3.8, 4) is 0 Å². The van der Waals surface area contributed by atoms with Crippen LogP contribution in [0.5, 0.6) is 0 Å². The smallest absolute Gasteiger partial charge is 0.0591 e. The molecule has 2 rings (SSSR count). The maximum absolute atomic E-state index is 5.94. The average molecular weight is 183 g/mol. The Hall–Kier alpha value is -0.530. The summed E-state index contributed by atoms with van der Waals surface area (Å²) in [7, 11) is 0. The SMILES string of the molecule is Cc1ccc2c(Cl)csc2c1. The first kappa shape index (κ1) is 7.14. The molecule has 0 spiro atoms. The molecule has 0 aliphatic rings. The van der Waals surface area contributed by atoms with Crippen LogP contribution in [0.1, 0.15) is 5.56 Å². The zero-order valence-electron chi connectivity index (χ0n) is 6.10. The molecule has 0 bridgehead atoms. The number of aryl methyl sites for hydroxylation is 1. The van der Waals surface area contributed by atoms with Gasteiger partial charge in [-0.15, -0.1) is 11.3 Å². The Kier molecular flexibility index (Phi) is 1.63. The summed E-state index contributed by atoms with van der Waals surface area (Å²) in [5.41, 5.74) is 1.29. The topological polar surface area (TPSA) is 0 Å². The second-order valence-corrected chi connectivity index (χ2v) is 3.90. The minimum Gasteiger partial charge on any atom is -0.142 e. The van der Waals surface area contributed by atoms with Crippen molar-refractivity contribution in [2.24, 2.45) is 0 Å². The van der Waals surface area contributed by atoms with Gasteiger partial charge in [-0.05, 0) is 18.6 Å². The third-order valence-electron chi connectivity index (χ3n) is 1.68. The molecular weight excluding hydrogens is 176 g/mol. The first-order valence-corrected chi connectivity index (χ1v) is 4.66. The van der Waals surface area contributed by atoms with Crippen LogP contribution < -0.4 is 0 Å². The minimum absolute atomic E-state index is 0.866. The van der Waals surface area contributed by atoms with Gasteiger partial charge in [-0.2, -0.15) is 0 Å². The highest BCUT2D eigenvalue weighted by Gasteiger charge is 1.99. The number of thiophene rings is 1. The van der Waals surface area contributed by atoms with Crippen molar-refractivity contribution in [3.63, 3.8) is 0 Å². The standard InChI is InChI=1S/C9H7ClS/c1-6-2-3-7-8(10)5-11-9(7)4-6/h2-5H,1H3. The highest BCUT2D eigenvalue weighted by atomic mass is 35.5. The highest BCUT2D eigenvalue weighted by Crippen LogP contribution is 2.30. The predicted octanol–water partition coefficient (Wildman–Crippen LogP) is 3.86. The molecule has 0 aliphatic carbocycles. The van der Waals surface area contributed by atoms with Crippen LogP contribution >= 0.6 is 22.9 Å². The molecule has 11 heavy (non-hydrogen) atoms. The van der Waals surface area contributed by atoms with Crippen LogP contribution in [0, 0.1) is 6.92 Å². The van der Waals surface area contributed by atoms with Crippen LogP contribution in [0.4, 0.5) is 0 Å². The van der Waals surface area contributed by atoms with Gasteiger partial charge in [0.15, 0.2) is 0 Å². The van der Waals surface area contributed by atoms with Crippen LogP contribution in [0.15, 0.2) is 23.6 Å². The quantitative estimate of drug-likeness (QED) is 0.581. The lowest BCUT2D eigenvalue weighted by molar-refractivity contribution is 1.52. The van der Waals surface area contributed by atoms with E-state index in [0.717, 1.165) is 5.02 Å². The van der Waals surface area contributed by atoms with Crippen molar-refractivity contribution in [2.75, 3.05) is 0 Å². The monoisotopic (exact) mass is 182 g/mol. The van der Waals surface area contributed by atoms with E-state index in [1.807, 2.05) is 5.38 Å². The number of rotatable bonds is 0. The summed E-state index contributed by atoms with van der Waals surface area (Å²) < 4.78 is 1.27.